The molecule has 2 fully saturated rings. The van der Waals surface area contributed by atoms with Crippen LogP contribution in [0.1, 0.15) is 36.9 Å². The third kappa shape index (κ3) is 4.04. The second kappa shape index (κ2) is 6.89. The minimum absolute atomic E-state index is 0.822. The van der Waals surface area contributed by atoms with Crippen molar-refractivity contribution >= 4 is 0 Å². The van der Waals surface area contributed by atoms with Crippen LogP contribution < -0.4 is 0 Å². The smallest absolute Gasteiger partial charge is 0.0372 e. The van der Waals surface area contributed by atoms with Crippen LogP contribution in [-0.4, -0.2) is 54.1 Å². The molecular formula is C18H29N3. The molecule has 116 valence electrons. The van der Waals surface area contributed by atoms with Crippen LogP contribution in [0, 0.1) is 12.8 Å². The molecule has 3 nitrogen and oxygen atoms in total. The van der Waals surface area contributed by atoms with Crippen LogP contribution in [0.2, 0.25) is 0 Å². The van der Waals surface area contributed by atoms with Gasteiger partial charge in [-0.05, 0) is 83.3 Å². The lowest BCUT2D eigenvalue weighted by Gasteiger charge is -2.41. The number of hydrogen-bond donors (Lipinski definition) is 0. The van der Waals surface area contributed by atoms with Crippen LogP contribution in [-0.2, 0) is 6.42 Å². The van der Waals surface area contributed by atoms with E-state index in [2.05, 4.69) is 47.1 Å². The number of aromatic nitrogens is 1. The summed E-state index contributed by atoms with van der Waals surface area (Å²) in [4.78, 5) is 9.69. The Bertz CT molecular complexity index is 434. The summed E-state index contributed by atoms with van der Waals surface area (Å²) in [5.41, 5.74) is 2.53. The molecule has 3 rings (SSSR count). The van der Waals surface area contributed by atoms with E-state index in [4.69, 9.17) is 0 Å². The van der Waals surface area contributed by atoms with Crippen molar-refractivity contribution in [2.45, 2.75) is 45.1 Å². The van der Waals surface area contributed by atoms with E-state index in [0.717, 1.165) is 17.7 Å². The topological polar surface area (TPSA) is 19.4 Å². The standard InChI is InChI=1S/C18H29N3/c1-15-5-6-16(13-19-15)12-17-4-3-9-21(14-17)18-7-10-20(2)11-8-18/h5-6,13,17-18H,3-4,7-12,14H2,1-2H3/t17-/m0/s1. The van der Waals surface area contributed by atoms with E-state index in [0.29, 0.717) is 0 Å². The summed E-state index contributed by atoms with van der Waals surface area (Å²) in [5.74, 6) is 0.822. The van der Waals surface area contributed by atoms with Gasteiger partial charge < -0.3 is 9.80 Å². The lowest BCUT2D eigenvalue weighted by atomic mass is 9.89. The molecule has 0 spiro atoms. The van der Waals surface area contributed by atoms with Gasteiger partial charge in [0, 0.05) is 24.5 Å². The Morgan fingerprint density at radius 1 is 1.14 bits per heavy atom. The Hall–Kier alpha value is -0.930. The van der Waals surface area contributed by atoms with E-state index in [-0.39, 0.29) is 0 Å². The largest absolute Gasteiger partial charge is 0.306 e. The van der Waals surface area contributed by atoms with Crippen LogP contribution in [0.4, 0.5) is 0 Å². The highest BCUT2D eigenvalue weighted by molar-refractivity contribution is 5.14. The molecule has 21 heavy (non-hydrogen) atoms. The molecule has 0 amide bonds. The van der Waals surface area contributed by atoms with Crippen LogP contribution in [0.5, 0.6) is 0 Å². The van der Waals surface area contributed by atoms with Gasteiger partial charge in [-0.15, -0.1) is 0 Å². The zero-order chi connectivity index (χ0) is 14.7. The molecule has 2 aliphatic heterocycles. The number of nitrogens with zero attached hydrogens (tertiary/aromatic N) is 3. The van der Waals surface area contributed by atoms with Crippen molar-refractivity contribution in [2.24, 2.45) is 5.92 Å². The van der Waals surface area contributed by atoms with Crippen LogP contribution in [0.25, 0.3) is 0 Å². The number of rotatable bonds is 3. The molecule has 2 aliphatic rings. The van der Waals surface area contributed by atoms with Crippen molar-refractivity contribution in [3.8, 4) is 0 Å². The van der Waals surface area contributed by atoms with Gasteiger partial charge in [0.2, 0.25) is 0 Å². The highest BCUT2D eigenvalue weighted by atomic mass is 15.2. The second-order valence-corrected chi connectivity index (χ2v) is 7.05. The van der Waals surface area contributed by atoms with Crippen molar-refractivity contribution in [2.75, 3.05) is 33.2 Å². The Morgan fingerprint density at radius 3 is 2.67 bits per heavy atom. The van der Waals surface area contributed by atoms with Gasteiger partial charge in [-0.2, -0.15) is 0 Å². The maximum absolute atomic E-state index is 4.44. The van der Waals surface area contributed by atoms with Crippen molar-refractivity contribution in [3.05, 3.63) is 29.6 Å². The molecule has 1 aromatic heterocycles. The minimum atomic E-state index is 0.822. The quantitative estimate of drug-likeness (QED) is 0.852. The Morgan fingerprint density at radius 2 is 1.95 bits per heavy atom. The Labute approximate surface area is 129 Å². The molecule has 0 saturated carbocycles. The zero-order valence-corrected chi connectivity index (χ0v) is 13.6. The number of pyridine rings is 1. The summed E-state index contributed by atoms with van der Waals surface area (Å²) in [6.45, 7) is 7.22. The van der Waals surface area contributed by atoms with Gasteiger partial charge in [0.1, 0.15) is 0 Å². The number of likely N-dealkylation sites (tertiary alicyclic amines) is 2. The first-order chi connectivity index (χ1) is 10.2. The highest BCUT2D eigenvalue weighted by Crippen LogP contribution is 2.25. The predicted octanol–water partition coefficient (Wildman–Crippen LogP) is 2.74. The SMILES string of the molecule is Cc1ccc(C[C@@H]2CCCN(C3CCN(C)CC3)C2)cn1. The first-order valence-corrected chi connectivity index (χ1v) is 8.55. The average molecular weight is 287 g/mol. The summed E-state index contributed by atoms with van der Waals surface area (Å²) < 4.78 is 0. The van der Waals surface area contributed by atoms with E-state index in [1.54, 1.807) is 0 Å². The summed E-state index contributed by atoms with van der Waals surface area (Å²) in [6, 6.07) is 5.24. The molecule has 1 atom stereocenters. The average Bonchev–Trinajstić information content (AvgIpc) is 2.51. The fraction of sp³-hybridized carbons (Fsp3) is 0.722. The van der Waals surface area contributed by atoms with Gasteiger partial charge in [0.05, 0.1) is 0 Å². The van der Waals surface area contributed by atoms with Gasteiger partial charge in [-0.25, -0.2) is 0 Å². The summed E-state index contributed by atoms with van der Waals surface area (Å²) in [7, 11) is 2.25. The summed E-state index contributed by atoms with van der Waals surface area (Å²) in [6.07, 6.45) is 8.75. The van der Waals surface area contributed by atoms with Gasteiger partial charge in [-0.1, -0.05) is 6.07 Å². The normalized spacial score (nSPS) is 26.1. The van der Waals surface area contributed by atoms with Crippen LogP contribution in [0.15, 0.2) is 18.3 Å². The third-order valence-corrected chi connectivity index (χ3v) is 5.25. The van der Waals surface area contributed by atoms with Gasteiger partial charge in [-0.3, -0.25) is 4.98 Å². The molecule has 0 aromatic carbocycles. The molecule has 3 heterocycles. The lowest BCUT2D eigenvalue weighted by Crippen LogP contribution is -2.48. The Balaban J connectivity index is 1.54. The van der Waals surface area contributed by atoms with Gasteiger partial charge in [0.15, 0.2) is 0 Å². The third-order valence-electron chi connectivity index (χ3n) is 5.25. The van der Waals surface area contributed by atoms with Crippen LogP contribution >= 0.6 is 0 Å². The van der Waals surface area contributed by atoms with E-state index in [9.17, 15) is 0 Å². The van der Waals surface area contributed by atoms with Gasteiger partial charge in [0.25, 0.3) is 0 Å². The van der Waals surface area contributed by atoms with Crippen molar-refractivity contribution in [1.82, 2.24) is 14.8 Å². The van der Waals surface area contributed by atoms with E-state index in [1.807, 2.05) is 0 Å². The number of hydrogen-bond acceptors (Lipinski definition) is 3. The summed E-state index contributed by atoms with van der Waals surface area (Å²) >= 11 is 0. The number of piperidine rings is 2. The first-order valence-electron chi connectivity index (χ1n) is 8.55. The van der Waals surface area contributed by atoms with E-state index < -0.39 is 0 Å². The molecule has 0 N–H and O–H groups in total. The van der Waals surface area contributed by atoms with Crippen molar-refractivity contribution < 1.29 is 0 Å². The monoisotopic (exact) mass is 287 g/mol. The second-order valence-electron chi connectivity index (χ2n) is 7.05. The molecule has 0 unspecified atom stereocenters. The van der Waals surface area contributed by atoms with E-state index >= 15 is 0 Å². The Kier molecular flexibility index (Phi) is 4.91. The molecule has 0 bridgehead atoms. The summed E-state index contributed by atoms with van der Waals surface area (Å²) in [5, 5.41) is 0. The number of aryl methyl sites for hydroxylation is 1. The van der Waals surface area contributed by atoms with Crippen molar-refractivity contribution in [3.63, 3.8) is 0 Å². The fourth-order valence-corrected chi connectivity index (χ4v) is 3.91. The highest BCUT2D eigenvalue weighted by Gasteiger charge is 2.28. The minimum Gasteiger partial charge on any atom is -0.306 e. The molecule has 2 saturated heterocycles. The molecular weight excluding hydrogens is 258 g/mol. The first kappa shape index (κ1) is 15.0. The van der Waals surface area contributed by atoms with Crippen molar-refractivity contribution in [1.29, 1.82) is 0 Å². The molecule has 1 aromatic rings. The lowest BCUT2D eigenvalue weighted by molar-refractivity contribution is 0.0787. The predicted molar refractivity (Wildman–Crippen MR) is 87.5 cm³/mol. The van der Waals surface area contributed by atoms with Crippen LogP contribution in [0.3, 0.4) is 0 Å². The van der Waals surface area contributed by atoms with Gasteiger partial charge >= 0.3 is 0 Å². The molecule has 0 radical (unpaired) electrons. The zero-order valence-electron chi connectivity index (χ0n) is 13.6. The molecule has 3 heteroatoms. The maximum Gasteiger partial charge on any atom is 0.0372 e. The molecule has 0 aliphatic carbocycles. The maximum atomic E-state index is 4.44. The fourth-order valence-electron chi connectivity index (χ4n) is 3.91. The van der Waals surface area contributed by atoms with E-state index in [1.165, 1.54) is 63.8 Å².